The molecule has 0 saturated heterocycles. The van der Waals surface area contributed by atoms with Crippen LogP contribution in [-0.2, 0) is 0 Å². The Hall–Kier alpha value is -3.60. The van der Waals surface area contributed by atoms with E-state index in [1.165, 1.54) is 0 Å². The van der Waals surface area contributed by atoms with Crippen LogP contribution in [0.2, 0.25) is 0 Å². The maximum absolute atomic E-state index is 4.74. The van der Waals surface area contributed by atoms with Gasteiger partial charge in [0.2, 0.25) is 0 Å². The van der Waals surface area contributed by atoms with E-state index in [0.717, 1.165) is 44.8 Å². The van der Waals surface area contributed by atoms with Gasteiger partial charge in [0.15, 0.2) is 5.82 Å². The molecule has 25 heavy (non-hydrogen) atoms. The lowest BCUT2D eigenvalue weighted by Crippen LogP contribution is -1.90. The number of imidazole rings is 1. The summed E-state index contributed by atoms with van der Waals surface area (Å²) in [4.78, 5) is 21.6. The van der Waals surface area contributed by atoms with E-state index in [2.05, 4.69) is 15.0 Å². The second kappa shape index (κ2) is 5.49. The van der Waals surface area contributed by atoms with Crippen LogP contribution in [0.5, 0.6) is 0 Å². The summed E-state index contributed by atoms with van der Waals surface area (Å²) in [5, 5.41) is 1.07. The third-order valence-electron chi connectivity index (χ3n) is 4.14. The minimum absolute atomic E-state index is 0.728. The van der Waals surface area contributed by atoms with Gasteiger partial charge in [-0.05, 0) is 36.4 Å². The highest BCUT2D eigenvalue weighted by molar-refractivity contribution is 6.02. The Balaban J connectivity index is 1.67. The van der Waals surface area contributed by atoms with Crippen LogP contribution in [-0.4, -0.2) is 24.9 Å². The molecule has 0 saturated carbocycles. The molecule has 0 bridgehead atoms. The number of fused-ring (bicyclic) bond motifs is 3. The van der Waals surface area contributed by atoms with Gasteiger partial charge in [0.25, 0.3) is 0 Å². The van der Waals surface area contributed by atoms with Gasteiger partial charge in [0.05, 0.1) is 22.4 Å². The number of aromatic amines is 1. The Kier molecular flexibility index (Phi) is 3.03. The molecule has 118 valence electrons. The number of benzene rings is 1. The largest absolute Gasteiger partial charge is 0.337 e. The number of pyridine rings is 3. The number of rotatable bonds is 2. The van der Waals surface area contributed by atoms with Gasteiger partial charge in [0, 0.05) is 17.8 Å². The monoisotopic (exact) mass is 323 g/mol. The van der Waals surface area contributed by atoms with Gasteiger partial charge >= 0.3 is 0 Å². The first-order chi connectivity index (χ1) is 12.4. The Morgan fingerprint density at radius 2 is 1.48 bits per heavy atom. The SMILES string of the molecule is c1ccc(-c2cccc(-c3nc4c(ccc5cccnc54)[nH]3)n2)nc1. The molecule has 0 radical (unpaired) electrons. The van der Waals surface area contributed by atoms with E-state index in [1.807, 2.05) is 60.7 Å². The molecule has 0 aliphatic heterocycles. The van der Waals surface area contributed by atoms with Crippen LogP contribution >= 0.6 is 0 Å². The van der Waals surface area contributed by atoms with Crippen molar-refractivity contribution in [3.8, 4) is 22.9 Å². The summed E-state index contributed by atoms with van der Waals surface area (Å²) < 4.78 is 0. The first-order valence-electron chi connectivity index (χ1n) is 8.01. The fourth-order valence-electron chi connectivity index (χ4n) is 2.96. The molecule has 0 amide bonds. The van der Waals surface area contributed by atoms with Crippen molar-refractivity contribution in [3.63, 3.8) is 0 Å². The minimum atomic E-state index is 0.728. The molecule has 0 spiro atoms. The smallest absolute Gasteiger partial charge is 0.157 e. The van der Waals surface area contributed by atoms with Crippen molar-refractivity contribution in [2.45, 2.75) is 0 Å². The van der Waals surface area contributed by atoms with Crippen LogP contribution in [0.3, 0.4) is 0 Å². The maximum Gasteiger partial charge on any atom is 0.157 e. The van der Waals surface area contributed by atoms with E-state index in [4.69, 9.17) is 9.97 Å². The van der Waals surface area contributed by atoms with E-state index in [1.54, 1.807) is 12.4 Å². The fraction of sp³-hybridized carbons (Fsp3) is 0. The van der Waals surface area contributed by atoms with Crippen molar-refractivity contribution in [3.05, 3.63) is 73.1 Å². The highest BCUT2D eigenvalue weighted by atomic mass is 15.0. The quantitative estimate of drug-likeness (QED) is 0.528. The standard InChI is InChI=1S/C20H13N5/c1-2-11-21-14(6-1)15-7-3-8-17(23-15)20-24-16-10-9-13-5-4-12-22-18(13)19(16)25-20/h1-12H,(H,24,25). The van der Waals surface area contributed by atoms with Crippen LogP contribution in [0.4, 0.5) is 0 Å². The van der Waals surface area contributed by atoms with Crippen LogP contribution in [0.15, 0.2) is 73.1 Å². The third-order valence-corrected chi connectivity index (χ3v) is 4.14. The minimum Gasteiger partial charge on any atom is -0.337 e. The van der Waals surface area contributed by atoms with Crippen molar-refractivity contribution in [1.29, 1.82) is 0 Å². The molecule has 1 N–H and O–H groups in total. The van der Waals surface area contributed by atoms with Gasteiger partial charge in [-0.1, -0.05) is 24.3 Å². The van der Waals surface area contributed by atoms with E-state index in [-0.39, 0.29) is 0 Å². The van der Waals surface area contributed by atoms with Crippen LogP contribution in [0, 0.1) is 0 Å². The van der Waals surface area contributed by atoms with Crippen molar-refractivity contribution in [2.75, 3.05) is 0 Å². The van der Waals surface area contributed by atoms with Gasteiger partial charge in [-0.25, -0.2) is 9.97 Å². The van der Waals surface area contributed by atoms with Gasteiger partial charge in [-0.2, -0.15) is 0 Å². The van der Waals surface area contributed by atoms with Crippen LogP contribution in [0.1, 0.15) is 0 Å². The van der Waals surface area contributed by atoms with Crippen molar-refractivity contribution in [2.24, 2.45) is 0 Å². The number of nitrogens with one attached hydrogen (secondary N) is 1. The first kappa shape index (κ1) is 13.8. The molecule has 5 rings (SSSR count). The molecule has 4 aromatic heterocycles. The molecule has 0 aliphatic rings. The van der Waals surface area contributed by atoms with E-state index >= 15 is 0 Å². The molecule has 0 aliphatic carbocycles. The number of hydrogen-bond acceptors (Lipinski definition) is 4. The molecule has 5 heteroatoms. The van der Waals surface area contributed by atoms with Gasteiger partial charge in [-0.3, -0.25) is 9.97 Å². The van der Waals surface area contributed by atoms with E-state index in [0.29, 0.717) is 0 Å². The van der Waals surface area contributed by atoms with Crippen LogP contribution in [0.25, 0.3) is 44.8 Å². The number of hydrogen-bond donors (Lipinski definition) is 1. The summed E-state index contributed by atoms with van der Waals surface area (Å²) in [6.45, 7) is 0. The van der Waals surface area contributed by atoms with Gasteiger partial charge in [0.1, 0.15) is 11.2 Å². The maximum atomic E-state index is 4.74. The number of aromatic nitrogens is 5. The highest BCUT2D eigenvalue weighted by Crippen LogP contribution is 2.26. The summed E-state index contributed by atoms with van der Waals surface area (Å²) in [6, 6.07) is 19.7. The molecule has 0 fully saturated rings. The summed E-state index contributed by atoms with van der Waals surface area (Å²) in [5.74, 6) is 0.728. The van der Waals surface area contributed by atoms with Crippen molar-refractivity contribution >= 4 is 21.9 Å². The molecule has 1 aromatic carbocycles. The predicted octanol–water partition coefficient (Wildman–Crippen LogP) is 4.24. The Morgan fingerprint density at radius 1 is 0.600 bits per heavy atom. The first-order valence-corrected chi connectivity index (χ1v) is 8.01. The van der Waals surface area contributed by atoms with Crippen molar-refractivity contribution < 1.29 is 0 Å². The summed E-state index contributed by atoms with van der Waals surface area (Å²) >= 11 is 0. The average molecular weight is 323 g/mol. The van der Waals surface area contributed by atoms with E-state index in [9.17, 15) is 0 Å². The zero-order valence-electron chi connectivity index (χ0n) is 13.2. The number of H-pyrrole nitrogens is 1. The Labute approximate surface area is 143 Å². The highest BCUT2D eigenvalue weighted by Gasteiger charge is 2.11. The van der Waals surface area contributed by atoms with Gasteiger partial charge < -0.3 is 4.98 Å². The zero-order chi connectivity index (χ0) is 16.6. The molecule has 5 nitrogen and oxygen atoms in total. The summed E-state index contributed by atoms with van der Waals surface area (Å²) in [7, 11) is 0. The predicted molar refractivity (Wildman–Crippen MR) is 97.9 cm³/mol. The number of nitrogens with zero attached hydrogens (tertiary/aromatic N) is 4. The summed E-state index contributed by atoms with van der Waals surface area (Å²) in [5.41, 5.74) is 5.14. The molecule has 0 atom stereocenters. The topological polar surface area (TPSA) is 67.3 Å². The molecular formula is C20H13N5. The lowest BCUT2D eigenvalue weighted by molar-refractivity contribution is 1.21. The Bertz CT molecular complexity index is 1190. The zero-order valence-corrected chi connectivity index (χ0v) is 13.2. The van der Waals surface area contributed by atoms with E-state index < -0.39 is 0 Å². The molecular weight excluding hydrogens is 310 g/mol. The second-order valence-corrected chi connectivity index (χ2v) is 5.75. The molecule has 5 aromatic rings. The molecule has 0 unspecified atom stereocenters. The molecule has 4 heterocycles. The average Bonchev–Trinajstić information content (AvgIpc) is 3.14. The van der Waals surface area contributed by atoms with Crippen molar-refractivity contribution in [1.82, 2.24) is 24.9 Å². The lowest BCUT2D eigenvalue weighted by atomic mass is 10.2. The van der Waals surface area contributed by atoms with Gasteiger partial charge in [-0.15, -0.1) is 0 Å². The lowest BCUT2D eigenvalue weighted by Gasteiger charge is -2.01. The Morgan fingerprint density at radius 3 is 2.40 bits per heavy atom. The summed E-state index contributed by atoms with van der Waals surface area (Å²) in [6.07, 6.45) is 3.55. The van der Waals surface area contributed by atoms with Crippen LogP contribution < -0.4 is 0 Å². The second-order valence-electron chi connectivity index (χ2n) is 5.75. The normalized spacial score (nSPS) is 11.2. The third kappa shape index (κ3) is 2.33. The fourth-order valence-corrected chi connectivity index (χ4v) is 2.96.